The first kappa shape index (κ1) is 20.8. The molecule has 5 N–H and O–H groups in total. The number of nitrogens with two attached hydrogens (primary N) is 1. The van der Waals surface area contributed by atoms with E-state index in [4.69, 9.17) is 10.5 Å². The zero-order valence-electron chi connectivity index (χ0n) is 17.5. The molecule has 10 heteroatoms. The van der Waals surface area contributed by atoms with Gasteiger partial charge < -0.3 is 30.7 Å². The Bertz CT molecular complexity index is 1260. The molecule has 0 radical (unpaired) electrons. The zero-order valence-corrected chi connectivity index (χ0v) is 17.5. The number of ether oxygens (including phenoxy) is 1. The van der Waals surface area contributed by atoms with E-state index in [0.717, 1.165) is 27.7 Å². The van der Waals surface area contributed by atoms with E-state index in [0.29, 0.717) is 17.0 Å². The minimum atomic E-state index is -0.807. The summed E-state index contributed by atoms with van der Waals surface area (Å²) in [6.45, 7) is 0.109. The first-order valence-corrected chi connectivity index (χ1v) is 9.75. The van der Waals surface area contributed by atoms with Gasteiger partial charge in [-0.15, -0.1) is 0 Å². The van der Waals surface area contributed by atoms with E-state index in [9.17, 15) is 9.18 Å². The number of imidazole rings is 1. The van der Waals surface area contributed by atoms with Crippen molar-refractivity contribution < 1.29 is 13.9 Å². The largest absolute Gasteiger partial charge is 0.383 e. The van der Waals surface area contributed by atoms with Gasteiger partial charge in [0.2, 0.25) is 5.91 Å². The van der Waals surface area contributed by atoms with Crippen LogP contribution in [0.5, 0.6) is 0 Å². The zero-order chi connectivity index (χ0) is 22.1. The molecule has 3 heterocycles. The molecule has 4 rings (SSSR count). The van der Waals surface area contributed by atoms with Crippen molar-refractivity contribution >= 4 is 33.8 Å². The average molecular weight is 425 g/mol. The van der Waals surface area contributed by atoms with Crippen LogP contribution in [-0.2, 0) is 23.1 Å². The van der Waals surface area contributed by atoms with Gasteiger partial charge in [-0.25, -0.2) is 14.4 Å². The number of nitrogens with zero attached hydrogens (tertiary/aromatic N) is 3. The van der Waals surface area contributed by atoms with E-state index >= 15 is 0 Å². The van der Waals surface area contributed by atoms with Crippen molar-refractivity contribution in [3.8, 4) is 11.3 Å². The molecule has 0 aliphatic rings. The van der Waals surface area contributed by atoms with E-state index < -0.39 is 17.8 Å². The smallest absolute Gasteiger partial charge is 0.239 e. The number of hydrogen-bond donors (Lipinski definition) is 4. The predicted octanol–water partition coefficient (Wildman–Crippen LogP) is 1.89. The van der Waals surface area contributed by atoms with Crippen molar-refractivity contribution in [2.75, 3.05) is 26.1 Å². The molecule has 4 aromatic rings. The minimum absolute atomic E-state index is 0.0181. The van der Waals surface area contributed by atoms with Gasteiger partial charge >= 0.3 is 0 Å². The van der Waals surface area contributed by atoms with Crippen LogP contribution in [0.15, 0.2) is 30.6 Å². The maximum absolute atomic E-state index is 14.4. The van der Waals surface area contributed by atoms with Crippen molar-refractivity contribution in [3.63, 3.8) is 0 Å². The van der Waals surface area contributed by atoms with Gasteiger partial charge in [-0.2, -0.15) is 0 Å². The molecule has 0 aliphatic carbocycles. The highest BCUT2D eigenvalue weighted by Gasteiger charge is 2.17. The normalized spacial score (nSPS) is 12.4. The van der Waals surface area contributed by atoms with E-state index in [1.54, 1.807) is 25.5 Å². The number of aryl methyl sites for hydroxylation is 1. The Morgan fingerprint density at radius 1 is 1.39 bits per heavy atom. The molecule has 31 heavy (non-hydrogen) atoms. The Hall–Kier alpha value is -3.50. The van der Waals surface area contributed by atoms with E-state index in [1.165, 1.54) is 13.2 Å². The quantitative estimate of drug-likeness (QED) is 0.359. The number of nitrogens with one attached hydrogen (secondary N) is 3. The number of H-pyrrole nitrogens is 1. The van der Waals surface area contributed by atoms with Crippen molar-refractivity contribution in [3.05, 3.63) is 42.0 Å². The number of carbonyl (C=O) groups is 1. The Morgan fingerprint density at radius 2 is 2.19 bits per heavy atom. The minimum Gasteiger partial charge on any atom is -0.383 e. The van der Waals surface area contributed by atoms with Gasteiger partial charge in [0.25, 0.3) is 0 Å². The summed E-state index contributed by atoms with van der Waals surface area (Å²) < 4.78 is 21.2. The summed E-state index contributed by atoms with van der Waals surface area (Å²) in [5.41, 5.74) is 10.0. The van der Waals surface area contributed by atoms with Gasteiger partial charge in [0.05, 0.1) is 18.5 Å². The van der Waals surface area contributed by atoms with Crippen LogP contribution in [0.4, 0.5) is 10.2 Å². The van der Waals surface area contributed by atoms with Gasteiger partial charge in [0.15, 0.2) is 5.82 Å². The number of fused-ring (bicyclic) bond motifs is 3. The number of halogens is 1. The number of methoxy groups -OCH3 is 1. The first-order valence-electron chi connectivity index (χ1n) is 9.75. The molecule has 9 nitrogen and oxygen atoms in total. The standard InChI is InChI=1S/C21H24FN7O2/c1-24-20-17-18(29(2)10-26-17)13-7-16(27-19(13)28-20)11-4-5-14(22)12(6-11)8-25-21(30)15(23)9-31-3/h4-7,10,15H,8-9,23H2,1-3H3,(H,25,30)(H2,24,27,28)/t15-/m0/s1. The molecule has 1 atom stereocenters. The lowest BCUT2D eigenvalue weighted by atomic mass is 10.1. The molecule has 0 saturated heterocycles. The lowest BCUT2D eigenvalue weighted by Gasteiger charge is -2.12. The molecule has 0 saturated carbocycles. The van der Waals surface area contributed by atoms with Crippen molar-refractivity contribution in [2.45, 2.75) is 12.6 Å². The molecular formula is C21H24FN7O2. The molecule has 0 fully saturated rings. The maximum Gasteiger partial charge on any atom is 0.239 e. The fourth-order valence-corrected chi connectivity index (χ4v) is 3.57. The van der Waals surface area contributed by atoms with Gasteiger partial charge in [-0.3, -0.25) is 4.79 Å². The summed E-state index contributed by atoms with van der Waals surface area (Å²) in [4.78, 5) is 24.4. The molecule has 0 bridgehead atoms. The number of hydrogen-bond acceptors (Lipinski definition) is 6. The summed E-state index contributed by atoms with van der Waals surface area (Å²) in [6.07, 6.45) is 1.74. The van der Waals surface area contributed by atoms with Crippen LogP contribution in [0.3, 0.4) is 0 Å². The average Bonchev–Trinajstić information content (AvgIpc) is 3.36. The van der Waals surface area contributed by atoms with Crippen LogP contribution >= 0.6 is 0 Å². The Kier molecular flexibility index (Phi) is 5.57. The lowest BCUT2D eigenvalue weighted by Crippen LogP contribution is -2.43. The van der Waals surface area contributed by atoms with Gasteiger partial charge in [0.1, 0.15) is 23.0 Å². The third-order valence-electron chi connectivity index (χ3n) is 5.17. The SMILES string of the molecule is CNc1nc2[nH]c(-c3ccc(F)c(CNC(=O)[C@@H](N)COC)c3)cc2c2c1ncn2C. The highest BCUT2D eigenvalue weighted by Crippen LogP contribution is 2.32. The molecule has 1 amide bonds. The number of benzene rings is 1. The van der Waals surface area contributed by atoms with Gasteiger partial charge in [0, 0.05) is 44.4 Å². The molecule has 0 spiro atoms. The van der Waals surface area contributed by atoms with Crippen LogP contribution in [0.25, 0.3) is 33.3 Å². The molecule has 0 aliphatic heterocycles. The maximum atomic E-state index is 14.4. The predicted molar refractivity (Wildman–Crippen MR) is 117 cm³/mol. The van der Waals surface area contributed by atoms with Crippen LogP contribution in [0.1, 0.15) is 5.56 Å². The molecule has 0 unspecified atom stereocenters. The third kappa shape index (κ3) is 3.82. The number of pyridine rings is 1. The van der Waals surface area contributed by atoms with E-state index in [1.807, 2.05) is 17.7 Å². The summed E-state index contributed by atoms with van der Waals surface area (Å²) >= 11 is 0. The van der Waals surface area contributed by atoms with Crippen LogP contribution < -0.4 is 16.4 Å². The Labute approximate surface area is 177 Å². The second-order valence-electron chi connectivity index (χ2n) is 7.29. The van der Waals surface area contributed by atoms with Crippen molar-refractivity contribution in [1.82, 2.24) is 24.8 Å². The summed E-state index contributed by atoms with van der Waals surface area (Å²) in [5.74, 6) is -0.142. The second kappa shape index (κ2) is 8.32. The first-order chi connectivity index (χ1) is 14.9. The number of aromatic nitrogens is 4. The highest BCUT2D eigenvalue weighted by atomic mass is 19.1. The summed E-state index contributed by atoms with van der Waals surface area (Å²) in [5, 5.41) is 6.63. The number of anilines is 1. The van der Waals surface area contributed by atoms with Crippen molar-refractivity contribution in [2.24, 2.45) is 12.8 Å². The third-order valence-corrected chi connectivity index (χ3v) is 5.17. The van der Waals surface area contributed by atoms with Gasteiger partial charge in [-0.1, -0.05) is 0 Å². The molecule has 162 valence electrons. The second-order valence-corrected chi connectivity index (χ2v) is 7.29. The number of rotatable bonds is 7. The summed E-state index contributed by atoms with van der Waals surface area (Å²) in [7, 11) is 5.18. The Balaban J connectivity index is 1.68. The van der Waals surface area contributed by atoms with Crippen molar-refractivity contribution in [1.29, 1.82) is 0 Å². The number of amides is 1. The highest BCUT2D eigenvalue weighted by molar-refractivity contribution is 6.07. The summed E-state index contributed by atoms with van der Waals surface area (Å²) in [6, 6.07) is 5.92. The van der Waals surface area contributed by atoms with Crippen LogP contribution in [0, 0.1) is 5.82 Å². The van der Waals surface area contributed by atoms with E-state index in [-0.39, 0.29) is 13.2 Å². The number of aromatic amines is 1. The monoisotopic (exact) mass is 425 g/mol. The van der Waals surface area contributed by atoms with Gasteiger partial charge in [-0.05, 0) is 29.8 Å². The van der Waals surface area contributed by atoms with Crippen LogP contribution in [-0.4, -0.2) is 52.2 Å². The Morgan fingerprint density at radius 3 is 2.94 bits per heavy atom. The van der Waals surface area contributed by atoms with E-state index in [2.05, 4.69) is 25.6 Å². The van der Waals surface area contributed by atoms with Crippen LogP contribution in [0.2, 0.25) is 0 Å². The topological polar surface area (TPSA) is 123 Å². The molecule has 3 aromatic heterocycles. The molecule has 1 aromatic carbocycles. The fourth-order valence-electron chi connectivity index (χ4n) is 3.57. The molecular weight excluding hydrogens is 401 g/mol. The number of carbonyl (C=O) groups excluding carboxylic acids is 1. The fraction of sp³-hybridized carbons (Fsp3) is 0.286. The lowest BCUT2D eigenvalue weighted by molar-refractivity contribution is -0.123.